The Labute approximate surface area is 174 Å². The Morgan fingerprint density at radius 3 is 2.48 bits per heavy atom. The van der Waals surface area contributed by atoms with E-state index in [9.17, 15) is 4.79 Å². The van der Waals surface area contributed by atoms with Gasteiger partial charge in [-0.3, -0.25) is 4.79 Å². The maximum Gasteiger partial charge on any atom is 0.163 e. The highest BCUT2D eigenvalue weighted by molar-refractivity contribution is 6.00. The number of allylic oxidation sites excluding steroid dienone is 2. The molecule has 2 aliphatic rings. The van der Waals surface area contributed by atoms with Crippen molar-refractivity contribution in [1.82, 2.24) is 6.15 Å². The minimum absolute atomic E-state index is 0. The average Bonchev–Trinajstić information content (AvgIpc) is 3.53. The van der Waals surface area contributed by atoms with Gasteiger partial charge in [-0.2, -0.15) is 0 Å². The van der Waals surface area contributed by atoms with E-state index >= 15 is 0 Å². The molecule has 4 rings (SSSR count). The Morgan fingerprint density at radius 2 is 1.79 bits per heavy atom. The Kier molecular flexibility index (Phi) is 6.04. The van der Waals surface area contributed by atoms with Gasteiger partial charge in [0.2, 0.25) is 0 Å². The number of rotatable bonds is 6. The van der Waals surface area contributed by atoms with Gasteiger partial charge in [0.15, 0.2) is 5.78 Å². The molecule has 2 aliphatic carbocycles. The molecule has 1 fully saturated rings. The van der Waals surface area contributed by atoms with Crippen molar-refractivity contribution in [3.63, 3.8) is 0 Å². The number of hydrogen-bond donors (Lipinski definition) is 1. The monoisotopic (exact) mass is 385 g/mol. The van der Waals surface area contributed by atoms with Crippen LogP contribution >= 0.6 is 0 Å². The van der Waals surface area contributed by atoms with Gasteiger partial charge >= 0.3 is 0 Å². The summed E-state index contributed by atoms with van der Waals surface area (Å²) in [4.78, 5) is 13.2. The van der Waals surface area contributed by atoms with Crippen LogP contribution in [0.2, 0.25) is 0 Å². The Balaban J connectivity index is 0.00000240. The zero-order valence-corrected chi connectivity index (χ0v) is 17.3. The third kappa shape index (κ3) is 3.77. The largest absolute Gasteiger partial charge is 0.344 e. The summed E-state index contributed by atoms with van der Waals surface area (Å²) in [6.45, 7) is 14.1. The van der Waals surface area contributed by atoms with E-state index in [0.29, 0.717) is 36.0 Å². The van der Waals surface area contributed by atoms with Crippen molar-refractivity contribution >= 4 is 11.9 Å². The van der Waals surface area contributed by atoms with Crippen LogP contribution in [0.4, 0.5) is 0 Å². The van der Waals surface area contributed by atoms with E-state index in [-0.39, 0.29) is 11.9 Å². The van der Waals surface area contributed by atoms with Crippen molar-refractivity contribution in [3.05, 3.63) is 91.0 Å². The first-order valence-electron chi connectivity index (χ1n) is 10.2. The third-order valence-electron chi connectivity index (χ3n) is 6.77. The van der Waals surface area contributed by atoms with E-state index < -0.39 is 0 Å². The molecule has 2 aromatic carbocycles. The van der Waals surface area contributed by atoms with Gasteiger partial charge in [-0.25, -0.2) is 0 Å². The van der Waals surface area contributed by atoms with E-state index in [1.54, 1.807) is 0 Å². The van der Waals surface area contributed by atoms with Gasteiger partial charge in [0, 0.05) is 12.0 Å². The summed E-state index contributed by atoms with van der Waals surface area (Å²) in [5, 5.41) is 0. The van der Waals surface area contributed by atoms with Crippen LogP contribution in [-0.2, 0) is 0 Å². The smallest absolute Gasteiger partial charge is 0.163 e. The fraction of sp³-hybridized carbons (Fsp3) is 0.296. The summed E-state index contributed by atoms with van der Waals surface area (Å²) in [5.41, 5.74) is 5.49. The van der Waals surface area contributed by atoms with E-state index in [2.05, 4.69) is 57.0 Å². The molecular formula is C27H31NO. The molecular weight excluding hydrogens is 354 g/mol. The fourth-order valence-corrected chi connectivity index (χ4v) is 5.02. The second-order valence-electron chi connectivity index (χ2n) is 8.34. The summed E-state index contributed by atoms with van der Waals surface area (Å²) in [6.07, 6.45) is 7.69. The summed E-state index contributed by atoms with van der Waals surface area (Å²) in [7, 11) is 0. The standard InChI is InChI=1S/C27H28O.H3N/c1-5-17(4)21(7-3)25-16-27(28)26-14-20(11-12-22(26)23-15-24(23)25)19-10-8-9-18(6-2)13-19;/h5-14,17,21,23-25H,1-3,15-16H2,4H3;1H3. The molecule has 0 aromatic heterocycles. The minimum Gasteiger partial charge on any atom is -0.344 e. The molecule has 0 heterocycles. The van der Waals surface area contributed by atoms with Crippen molar-refractivity contribution in [3.8, 4) is 11.1 Å². The third-order valence-corrected chi connectivity index (χ3v) is 6.77. The number of benzene rings is 2. The van der Waals surface area contributed by atoms with Gasteiger partial charge in [-0.05, 0) is 70.4 Å². The molecule has 150 valence electrons. The molecule has 0 saturated heterocycles. The van der Waals surface area contributed by atoms with Crippen molar-refractivity contribution in [2.45, 2.75) is 25.7 Å². The van der Waals surface area contributed by atoms with Gasteiger partial charge in [-0.1, -0.05) is 62.1 Å². The highest BCUT2D eigenvalue weighted by atomic mass is 16.1. The number of carbonyl (C=O) groups is 1. The molecule has 0 bridgehead atoms. The SMILES string of the molecule is C=Cc1cccc(-c2ccc3c(c2)C(=O)CC(C(C=C)C(C)C=C)C2CC32)c1.N. The molecule has 2 nitrogen and oxygen atoms in total. The van der Waals surface area contributed by atoms with Crippen LogP contribution in [0.15, 0.2) is 74.4 Å². The number of hydrogen-bond acceptors (Lipinski definition) is 2. The van der Waals surface area contributed by atoms with E-state index in [0.717, 1.165) is 22.3 Å². The molecule has 3 N–H and O–H groups in total. The second-order valence-corrected chi connectivity index (χ2v) is 8.34. The zero-order chi connectivity index (χ0) is 19.8. The molecule has 2 heteroatoms. The number of fused-ring (bicyclic) bond motifs is 3. The molecule has 5 atom stereocenters. The molecule has 0 spiro atoms. The van der Waals surface area contributed by atoms with Gasteiger partial charge < -0.3 is 6.15 Å². The molecule has 0 radical (unpaired) electrons. The second kappa shape index (κ2) is 8.34. The first kappa shape index (κ1) is 21.0. The van der Waals surface area contributed by atoms with Crippen LogP contribution < -0.4 is 6.15 Å². The van der Waals surface area contributed by atoms with Crippen LogP contribution in [0.25, 0.3) is 17.2 Å². The van der Waals surface area contributed by atoms with Gasteiger partial charge in [-0.15, -0.1) is 13.2 Å². The van der Waals surface area contributed by atoms with Gasteiger partial charge in [0.25, 0.3) is 0 Å². The molecule has 1 saturated carbocycles. The fourth-order valence-electron chi connectivity index (χ4n) is 5.02. The van der Waals surface area contributed by atoms with E-state index in [4.69, 9.17) is 0 Å². The predicted molar refractivity (Wildman–Crippen MR) is 123 cm³/mol. The van der Waals surface area contributed by atoms with Crippen LogP contribution in [0.5, 0.6) is 0 Å². The lowest BCUT2D eigenvalue weighted by molar-refractivity contribution is 0.0939. The molecule has 0 aliphatic heterocycles. The maximum atomic E-state index is 13.2. The molecule has 29 heavy (non-hydrogen) atoms. The Morgan fingerprint density at radius 1 is 1.03 bits per heavy atom. The lowest BCUT2D eigenvalue weighted by atomic mass is 9.77. The zero-order valence-electron chi connectivity index (χ0n) is 17.3. The van der Waals surface area contributed by atoms with Crippen LogP contribution in [0.3, 0.4) is 0 Å². The number of Topliss-reactive ketones (excluding diaryl/α,β-unsaturated/α-hetero) is 1. The predicted octanol–water partition coefficient (Wildman–Crippen LogP) is 7.09. The van der Waals surface area contributed by atoms with Crippen LogP contribution in [0.1, 0.15) is 47.2 Å². The van der Waals surface area contributed by atoms with Crippen molar-refractivity contribution in [1.29, 1.82) is 0 Å². The maximum absolute atomic E-state index is 13.2. The van der Waals surface area contributed by atoms with Crippen LogP contribution in [0, 0.1) is 23.7 Å². The lowest BCUT2D eigenvalue weighted by Crippen LogP contribution is -2.23. The normalized spacial score (nSPS) is 24.0. The van der Waals surface area contributed by atoms with Gasteiger partial charge in [0.1, 0.15) is 0 Å². The number of carbonyl (C=O) groups excluding carboxylic acids is 1. The average molecular weight is 386 g/mol. The van der Waals surface area contributed by atoms with Crippen molar-refractivity contribution in [2.75, 3.05) is 0 Å². The molecule has 5 unspecified atom stereocenters. The quantitative estimate of drug-likeness (QED) is 0.540. The number of ketones is 1. The van der Waals surface area contributed by atoms with Crippen LogP contribution in [-0.4, -0.2) is 5.78 Å². The van der Waals surface area contributed by atoms with Crippen molar-refractivity contribution in [2.24, 2.45) is 23.7 Å². The summed E-state index contributed by atoms with van der Waals surface area (Å²) in [5.74, 6) is 2.40. The van der Waals surface area contributed by atoms with E-state index in [1.165, 1.54) is 12.0 Å². The summed E-state index contributed by atoms with van der Waals surface area (Å²) in [6, 6.07) is 14.8. The molecule has 2 aromatic rings. The Bertz CT molecular complexity index is 957. The first-order valence-corrected chi connectivity index (χ1v) is 10.2. The Hall–Kier alpha value is -2.71. The highest BCUT2D eigenvalue weighted by Crippen LogP contribution is 2.58. The van der Waals surface area contributed by atoms with E-state index in [1.807, 2.05) is 30.4 Å². The summed E-state index contributed by atoms with van der Waals surface area (Å²) < 4.78 is 0. The molecule has 0 amide bonds. The van der Waals surface area contributed by atoms with Gasteiger partial charge in [0.05, 0.1) is 0 Å². The topological polar surface area (TPSA) is 52.1 Å². The minimum atomic E-state index is 0. The lowest BCUT2D eigenvalue weighted by Gasteiger charge is -2.27. The highest BCUT2D eigenvalue weighted by Gasteiger charge is 2.50. The van der Waals surface area contributed by atoms with Crippen molar-refractivity contribution < 1.29 is 4.79 Å². The summed E-state index contributed by atoms with van der Waals surface area (Å²) >= 11 is 0. The first-order chi connectivity index (χ1) is 13.6.